The van der Waals surface area contributed by atoms with Gasteiger partial charge in [-0.3, -0.25) is 4.79 Å². The minimum atomic E-state index is -0.260. The fourth-order valence-electron chi connectivity index (χ4n) is 1.66. The van der Waals surface area contributed by atoms with Crippen LogP contribution in [-0.4, -0.2) is 34.0 Å². The Bertz CT molecular complexity index is 596. The molecule has 2 rings (SSSR count). The Morgan fingerprint density at radius 3 is 3.00 bits per heavy atom. The van der Waals surface area contributed by atoms with E-state index in [2.05, 4.69) is 31.6 Å². The Labute approximate surface area is 119 Å². The van der Waals surface area contributed by atoms with Crippen LogP contribution in [0.4, 0.5) is 0 Å². The molecule has 6 nitrogen and oxygen atoms in total. The number of benzene rings is 1. The van der Waals surface area contributed by atoms with Crippen molar-refractivity contribution in [2.45, 2.75) is 6.92 Å². The van der Waals surface area contributed by atoms with Crippen molar-refractivity contribution in [3.63, 3.8) is 0 Å². The van der Waals surface area contributed by atoms with Crippen molar-refractivity contribution in [3.05, 3.63) is 40.1 Å². The van der Waals surface area contributed by atoms with Gasteiger partial charge < -0.3 is 11.1 Å². The first-order valence-electron chi connectivity index (χ1n) is 5.80. The van der Waals surface area contributed by atoms with Gasteiger partial charge in [0.25, 0.3) is 5.91 Å². The first kappa shape index (κ1) is 13.7. The van der Waals surface area contributed by atoms with E-state index in [-0.39, 0.29) is 5.91 Å². The predicted octanol–water partition coefficient (Wildman–Crippen LogP) is 1.03. The van der Waals surface area contributed by atoms with Gasteiger partial charge in [-0.15, -0.1) is 5.10 Å². The zero-order chi connectivity index (χ0) is 13.8. The van der Waals surface area contributed by atoms with Crippen molar-refractivity contribution in [1.82, 2.24) is 20.3 Å². The summed E-state index contributed by atoms with van der Waals surface area (Å²) in [6.45, 7) is 2.62. The number of amides is 1. The highest BCUT2D eigenvalue weighted by atomic mass is 79.9. The minimum Gasteiger partial charge on any atom is -0.349 e. The van der Waals surface area contributed by atoms with Crippen LogP contribution in [0.2, 0.25) is 0 Å². The first-order valence-corrected chi connectivity index (χ1v) is 6.59. The molecule has 1 aromatic heterocycles. The standard InChI is InChI=1S/C12H14BrN5O/c1-8-11(12(19)15-6-5-14)16-17-18(8)10-4-2-3-9(13)7-10/h2-4,7H,5-6,14H2,1H3,(H,15,19). The lowest BCUT2D eigenvalue weighted by Gasteiger charge is -2.04. The minimum absolute atomic E-state index is 0.260. The average molecular weight is 324 g/mol. The molecule has 0 saturated heterocycles. The molecule has 0 bridgehead atoms. The Balaban J connectivity index is 2.30. The Kier molecular flexibility index (Phi) is 4.28. The van der Waals surface area contributed by atoms with Crippen LogP contribution in [0.15, 0.2) is 28.7 Å². The fourth-order valence-corrected chi connectivity index (χ4v) is 2.05. The Morgan fingerprint density at radius 2 is 2.32 bits per heavy atom. The van der Waals surface area contributed by atoms with Gasteiger partial charge >= 0.3 is 0 Å². The Hall–Kier alpha value is -1.73. The molecule has 0 atom stereocenters. The smallest absolute Gasteiger partial charge is 0.273 e. The molecule has 1 heterocycles. The van der Waals surface area contributed by atoms with E-state index in [1.54, 1.807) is 11.6 Å². The van der Waals surface area contributed by atoms with Crippen LogP contribution >= 0.6 is 15.9 Å². The third-order valence-corrected chi connectivity index (χ3v) is 3.09. The van der Waals surface area contributed by atoms with Crippen LogP contribution in [-0.2, 0) is 0 Å². The zero-order valence-electron chi connectivity index (χ0n) is 10.4. The highest BCUT2D eigenvalue weighted by Crippen LogP contribution is 2.17. The third-order valence-electron chi connectivity index (χ3n) is 2.59. The molecule has 0 fully saturated rings. The van der Waals surface area contributed by atoms with Gasteiger partial charge in [0.05, 0.1) is 11.4 Å². The number of carbonyl (C=O) groups is 1. The number of nitrogens with zero attached hydrogens (tertiary/aromatic N) is 3. The maximum absolute atomic E-state index is 11.8. The van der Waals surface area contributed by atoms with E-state index < -0.39 is 0 Å². The number of hydrogen-bond donors (Lipinski definition) is 2. The second-order valence-electron chi connectivity index (χ2n) is 3.96. The monoisotopic (exact) mass is 323 g/mol. The second kappa shape index (κ2) is 5.94. The highest BCUT2D eigenvalue weighted by molar-refractivity contribution is 9.10. The molecular weight excluding hydrogens is 310 g/mol. The molecule has 0 aliphatic rings. The van der Waals surface area contributed by atoms with Crippen LogP contribution in [0.5, 0.6) is 0 Å². The molecule has 2 aromatic rings. The van der Waals surface area contributed by atoms with E-state index in [0.29, 0.717) is 24.5 Å². The SMILES string of the molecule is Cc1c(C(=O)NCCN)nnn1-c1cccc(Br)c1. The van der Waals surface area contributed by atoms with Crippen molar-refractivity contribution in [2.75, 3.05) is 13.1 Å². The molecule has 0 aliphatic heterocycles. The lowest BCUT2D eigenvalue weighted by molar-refractivity contribution is 0.0949. The number of halogens is 1. The van der Waals surface area contributed by atoms with Crippen LogP contribution in [0.1, 0.15) is 16.2 Å². The molecule has 1 aromatic carbocycles. The van der Waals surface area contributed by atoms with Gasteiger partial charge in [-0.2, -0.15) is 0 Å². The maximum atomic E-state index is 11.8. The molecule has 3 N–H and O–H groups in total. The summed E-state index contributed by atoms with van der Waals surface area (Å²) >= 11 is 3.40. The molecule has 7 heteroatoms. The molecule has 19 heavy (non-hydrogen) atoms. The fraction of sp³-hybridized carbons (Fsp3) is 0.250. The number of nitrogens with two attached hydrogens (primary N) is 1. The van der Waals surface area contributed by atoms with Crippen LogP contribution in [0.25, 0.3) is 5.69 Å². The number of carbonyl (C=O) groups excluding carboxylic acids is 1. The van der Waals surface area contributed by atoms with E-state index in [1.807, 2.05) is 24.3 Å². The van der Waals surface area contributed by atoms with Gasteiger partial charge in [0.1, 0.15) is 0 Å². The summed E-state index contributed by atoms with van der Waals surface area (Å²) in [6, 6.07) is 7.62. The average Bonchev–Trinajstić information content (AvgIpc) is 2.78. The largest absolute Gasteiger partial charge is 0.349 e. The lowest BCUT2D eigenvalue weighted by Crippen LogP contribution is -2.29. The highest BCUT2D eigenvalue weighted by Gasteiger charge is 2.16. The van der Waals surface area contributed by atoms with Crippen molar-refractivity contribution in [1.29, 1.82) is 0 Å². The first-order chi connectivity index (χ1) is 9.13. The van der Waals surface area contributed by atoms with Gasteiger partial charge in [0.2, 0.25) is 0 Å². The number of aromatic nitrogens is 3. The van der Waals surface area contributed by atoms with Crippen molar-refractivity contribution in [3.8, 4) is 5.69 Å². The van der Waals surface area contributed by atoms with Gasteiger partial charge in [0.15, 0.2) is 5.69 Å². The quantitative estimate of drug-likeness (QED) is 0.879. The van der Waals surface area contributed by atoms with Gasteiger partial charge in [-0.1, -0.05) is 27.2 Å². The molecule has 0 unspecified atom stereocenters. The summed E-state index contributed by atoms with van der Waals surface area (Å²) in [5.41, 5.74) is 7.19. The predicted molar refractivity (Wildman–Crippen MR) is 75.2 cm³/mol. The van der Waals surface area contributed by atoms with E-state index in [0.717, 1.165) is 10.2 Å². The molecule has 100 valence electrons. The second-order valence-corrected chi connectivity index (χ2v) is 4.88. The van der Waals surface area contributed by atoms with Gasteiger partial charge in [-0.25, -0.2) is 4.68 Å². The summed E-state index contributed by atoms with van der Waals surface area (Å²) in [5.74, 6) is -0.260. The maximum Gasteiger partial charge on any atom is 0.273 e. The van der Waals surface area contributed by atoms with Crippen molar-refractivity contribution >= 4 is 21.8 Å². The molecular formula is C12H14BrN5O. The Morgan fingerprint density at radius 1 is 1.53 bits per heavy atom. The molecule has 0 saturated carbocycles. The summed E-state index contributed by atoms with van der Waals surface area (Å²) in [4.78, 5) is 11.8. The zero-order valence-corrected chi connectivity index (χ0v) is 12.0. The van der Waals surface area contributed by atoms with E-state index >= 15 is 0 Å². The number of nitrogens with one attached hydrogen (secondary N) is 1. The number of hydrogen-bond acceptors (Lipinski definition) is 4. The lowest BCUT2D eigenvalue weighted by atomic mass is 10.3. The molecule has 0 aliphatic carbocycles. The molecule has 0 radical (unpaired) electrons. The summed E-state index contributed by atoms with van der Waals surface area (Å²) < 4.78 is 2.57. The summed E-state index contributed by atoms with van der Waals surface area (Å²) in [7, 11) is 0. The van der Waals surface area contributed by atoms with Crippen molar-refractivity contribution in [2.24, 2.45) is 5.73 Å². The van der Waals surface area contributed by atoms with Gasteiger partial charge in [-0.05, 0) is 25.1 Å². The van der Waals surface area contributed by atoms with Crippen LogP contribution in [0.3, 0.4) is 0 Å². The summed E-state index contributed by atoms with van der Waals surface area (Å²) in [5, 5.41) is 10.6. The number of rotatable bonds is 4. The van der Waals surface area contributed by atoms with Crippen molar-refractivity contribution < 1.29 is 4.79 Å². The van der Waals surface area contributed by atoms with E-state index in [1.165, 1.54) is 0 Å². The van der Waals surface area contributed by atoms with E-state index in [9.17, 15) is 4.79 Å². The topological polar surface area (TPSA) is 85.8 Å². The van der Waals surface area contributed by atoms with Crippen LogP contribution < -0.4 is 11.1 Å². The molecule has 1 amide bonds. The van der Waals surface area contributed by atoms with Gasteiger partial charge in [0, 0.05) is 17.6 Å². The third kappa shape index (κ3) is 2.99. The molecule has 0 spiro atoms. The van der Waals surface area contributed by atoms with E-state index in [4.69, 9.17) is 5.73 Å². The van der Waals surface area contributed by atoms with Crippen LogP contribution in [0, 0.1) is 6.92 Å². The summed E-state index contributed by atoms with van der Waals surface area (Å²) in [6.07, 6.45) is 0. The normalized spacial score (nSPS) is 10.5.